The minimum absolute atomic E-state index is 0.152. The summed E-state index contributed by atoms with van der Waals surface area (Å²) in [5.41, 5.74) is 1.19. The van der Waals surface area contributed by atoms with Crippen LogP contribution >= 0.6 is 0 Å². The van der Waals surface area contributed by atoms with Gasteiger partial charge >= 0.3 is 6.09 Å². The van der Waals surface area contributed by atoms with Gasteiger partial charge in [0.05, 0.1) is 5.92 Å². The van der Waals surface area contributed by atoms with E-state index in [9.17, 15) is 9.59 Å². The number of ether oxygens (including phenoxy) is 1. The number of fused-ring (bicyclic) bond motifs is 1. The van der Waals surface area contributed by atoms with Crippen molar-refractivity contribution in [2.75, 3.05) is 26.2 Å². The fourth-order valence-corrected chi connectivity index (χ4v) is 4.49. The van der Waals surface area contributed by atoms with Crippen LogP contribution in [0.15, 0.2) is 28.7 Å². The second-order valence-corrected chi connectivity index (χ2v) is 9.81. The Morgan fingerprint density at radius 3 is 2.55 bits per heavy atom. The minimum atomic E-state index is -0.483. The van der Waals surface area contributed by atoms with E-state index in [4.69, 9.17) is 9.15 Å². The maximum Gasteiger partial charge on any atom is 0.410 e. The number of carbonyl (C=O) groups excluding carboxylic acids is 2. The Balaban J connectivity index is 1.28. The third kappa shape index (κ3) is 5.38. The van der Waals surface area contributed by atoms with Crippen LogP contribution in [0.2, 0.25) is 0 Å². The molecule has 2 aliphatic rings. The molecule has 7 nitrogen and oxygen atoms in total. The SMILES string of the molecule is CC(C)(C)OC(=O)N1CCC(CC(=O)N2CCCC(c3nc4ccccc4o3)C2)CC1. The molecule has 0 aliphatic carbocycles. The first-order chi connectivity index (χ1) is 14.8. The molecule has 0 N–H and O–H groups in total. The van der Waals surface area contributed by atoms with E-state index in [0.29, 0.717) is 32.0 Å². The van der Waals surface area contributed by atoms with Crippen molar-refractivity contribution in [3.63, 3.8) is 0 Å². The summed E-state index contributed by atoms with van der Waals surface area (Å²) in [6.07, 6.45) is 3.93. The van der Waals surface area contributed by atoms with Gasteiger partial charge in [0.25, 0.3) is 0 Å². The highest BCUT2D eigenvalue weighted by Crippen LogP contribution is 2.30. The van der Waals surface area contributed by atoms with Gasteiger partial charge in [-0.15, -0.1) is 0 Å². The van der Waals surface area contributed by atoms with Crippen molar-refractivity contribution in [1.29, 1.82) is 0 Å². The predicted octanol–water partition coefficient (Wildman–Crippen LogP) is 4.57. The average molecular weight is 428 g/mol. The molecule has 2 aromatic rings. The molecular weight excluding hydrogens is 394 g/mol. The Kier molecular flexibility index (Phi) is 6.21. The Morgan fingerprint density at radius 1 is 1.10 bits per heavy atom. The van der Waals surface area contributed by atoms with Crippen LogP contribution in [0, 0.1) is 5.92 Å². The monoisotopic (exact) mass is 427 g/mol. The van der Waals surface area contributed by atoms with Crippen LogP contribution in [-0.2, 0) is 9.53 Å². The van der Waals surface area contributed by atoms with E-state index in [0.717, 1.165) is 49.2 Å². The lowest BCUT2D eigenvalue weighted by molar-refractivity contribution is -0.133. The lowest BCUT2D eigenvalue weighted by Crippen LogP contribution is -2.43. The molecule has 1 aromatic heterocycles. The number of benzene rings is 1. The van der Waals surface area contributed by atoms with Crippen molar-refractivity contribution in [2.24, 2.45) is 5.92 Å². The third-order valence-electron chi connectivity index (χ3n) is 6.16. The molecule has 31 heavy (non-hydrogen) atoms. The summed E-state index contributed by atoms with van der Waals surface area (Å²) in [5.74, 6) is 1.41. The summed E-state index contributed by atoms with van der Waals surface area (Å²) in [6, 6.07) is 7.79. The van der Waals surface area contributed by atoms with Crippen LogP contribution in [0.25, 0.3) is 11.1 Å². The number of aromatic nitrogens is 1. The van der Waals surface area contributed by atoms with Crippen molar-refractivity contribution >= 4 is 23.1 Å². The van der Waals surface area contributed by atoms with E-state index < -0.39 is 5.60 Å². The first-order valence-electron chi connectivity index (χ1n) is 11.4. The number of nitrogens with zero attached hydrogens (tertiary/aromatic N) is 3. The number of para-hydroxylation sites is 2. The summed E-state index contributed by atoms with van der Waals surface area (Å²) < 4.78 is 11.4. The molecule has 4 rings (SSSR count). The molecule has 168 valence electrons. The second-order valence-electron chi connectivity index (χ2n) is 9.81. The van der Waals surface area contributed by atoms with E-state index in [1.807, 2.05) is 49.9 Å². The molecule has 2 saturated heterocycles. The normalized spacial score (nSPS) is 20.8. The molecule has 3 heterocycles. The topological polar surface area (TPSA) is 75.9 Å². The van der Waals surface area contributed by atoms with Gasteiger partial charge in [-0.25, -0.2) is 9.78 Å². The first kappa shape index (κ1) is 21.7. The minimum Gasteiger partial charge on any atom is -0.444 e. The van der Waals surface area contributed by atoms with Crippen LogP contribution in [0.4, 0.5) is 4.79 Å². The smallest absolute Gasteiger partial charge is 0.410 e. The van der Waals surface area contributed by atoms with Gasteiger partial charge in [0, 0.05) is 32.6 Å². The molecule has 2 fully saturated rings. The largest absolute Gasteiger partial charge is 0.444 e. The highest BCUT2D eigenvalue weighted by atomic mass is 16.6. The molecule has 0 saturated carbocycles. The van der Waals surface area contributed by atoms with Crippen LogP contribution in [-0.4, -0.2) is 58.6 Å². The maximum absolute atomic E-state index is 13.0. The number of hydrogen-bond donors (Lipinski definition) is 0. The Labute approximate surface area is 183 Å². The molecule has 2 amide bonds. The van der Waals surface area contributed by atoms with E-state index >= 15 is 0 Å². The van der Waals surface area contributed by atoms with Crippen molar-refractivity contribution < 1.29 is 18.7 Å². The van der Waals surface area contributed by atoms with Gasteiger partial charge in [-0.3, -0.25) is 4.79 Å². The predicted molar refractivity (Wildman–Crippen MR) is 118 cm³/mol. The van der Waals surface area contributed by atoms with E-state index in [2.05, 4.69) is 4.98 Å². The summed E-state index contributed by atoms with van der Waals surface area (Å²) in [4.78, 5) is 33.6. The van der Waals surface area contributed by atoms with Crippen LogP contribution < -0.4 is 0 Å². The number of piperidine rings is 2. The second kappa shape index (κ2) is 8.89. The zero-order valence-corrected chi connectivity index (χ0v) is 18.8. The van der Waals surface area contributed by atoms with E-state index in [1.165, 1.54) is 0 Å². The quantitative estimate of drug-likeness (QED) is 0.717. The number of rotatable bonds is 3. The molecule has 0 spiro atoms. The lowest BCUT2D eigenvalue weighted by atomic mass is 9.92. The van der Waals surface area contributed by atoms with Gasteiger partial charge in [-0.2, -0.15) is 0 Å². The lowest BCUT2D eigenvalue weighted by Gasteiger charge is -2.35. The van der Waals surface area contributed by atoms with Gasteiger partial charge in [0.2, 0.25) is 5.91 Å². The number of likely N-dealkylation sites (tertiary alicyclic amines) is 2. The Bertz CT molecular complexity index is 891. The Morgan fingerprint density at radius 2 is 1.84 bits per heavy atom. The van der Waals surface area contributed by atoms with Gasteiger partial charge in [0.1, 0.15) is 11.1 Å². The van der Waals surface area contributed by atoms with Gasteiger partial charge < -0.3 is 19.0 Å². The van der Waals surface area contributed by atoms with Crippen molar-refractivity contribution in [3.05, 3.63) is 30.2 Å². The van der Waals surface area contributed by atoms with Gasteiger partial charge in [0.15, 0.2) is 11.5 Å². The third-order valence-corrected chi connectivity index (χ3v) is 6.16. The molecule has 1 unspecified atom stereocenters. The fourth-order valence-electron chi connectivity index (χ4n) is 4.49. The van der Waals surface area contributed by atoms with Crippen LogP contribution in [0.3, 0.4) is 0 Å². The molecule has 0 radical (unpaired) electrons. The van der Waals surface area contributed by atoms with Crippen molar-refractivity contribution in [2.45, 2.75) is 64.4 Å². The highest BCUT2D eigenvalue weighted by molar-refractivity contribution is 5.77. The van der Waals surface area contributed by atoms with Crippen LogP contribution in [0.1, 0.15) is 64.7 Å². The highest BCUT2D eigenvalue weighted by Gasteiger charge is 2.31. The molecule has 0 bridgehead atoms. The van der Waals surface area contributed by atoms with Crippen molar-refractivity contribution in [1.82, 2.24) is 14.8 Å². The molecule has 2 aliphatic heterocycles. The molecule has 7 heteroatoms. The fraction of sp³-hybridized carbons (Fsp3) is 0.625. The van der Waals surface area contributed by atoms with Crippen molar-refractivity contribution in [3.8, 4) is 0 Å². The average Bonchev–Trinajstić information content (AvgIpc) is 3.17. The standard InChI is InChI=1S/C24H33N3O4/c1-24(2,3)31-23(29)26-13-10-17(11-14-26)15-21(28)27-12-6-7-18(16-27)22-25-19-8-4-5-9-20(19)30-22/h4-5,8-9,17-18H,6-7,10-16H2,1-3H3. The number of amides is 2. The van der Waals surface area contributed by atoms with Crippen LogP contribution in [0.5, 0.6) is 0 Å². The number of carbonyl (C=O) groups is 2. The Hall–Kier alpha value is -2.57. The number of oxazole rings is 1. The summed E-state index contributed by atoms with van der Waals surface area (Å²) in [5, 5.41) is 0. The summed E-state index contributed by atoms with van der Waals surface area (Å²) in [7, 11) is 0. The zero-order chi connectivity index (χ0) is 22.0. The first-order valence-corrected chi connectivity index (χ1v) is 11.4. The number of hydrogen-bond acceptors (Lipinski definition) is 5. The summed E-state index contributed by atoms with van der Waals surface area (Å²) >= 11 is 0. The summed E-state index contributed by atoms with van der Waals surface area (Å²) in [6.45, 7) is 8.40. The van der Waals surface area contributed by atoms with E-state index in [1.54, 1.807) is 4.90 Å². The molecule has 1 atom stereocenters. The zero-order valence-electron chi connectivity index (χ0n) is 18.8. The van der Waals surface area contributed by atoms with Gasteiger partial charge in [-0.05, 0) is 64.5 Å². The van der Waals surface area contributed by atoms with Gasteiger partial charge in [-0.1, -0.05) is 12.1 Å². The maximum atomic E-state index is 13.0. The van der Waals surface area contributed by atoms with E-state index in [-0.39, 0.29) is 17.9 Å². The molecular formula is C24H33N3O4. The molecule has 1 aromatic carbocycles.